The van der Waals surface area contributed by atoms with E-state index in [1.54, 1.807) is 0 Å². The zero-order chi connectivity index (χ0) is 12.4. The number of hydrogen-bond donors (Lipinski definition) is 1. The van der Waals surface area contributed by atoms with Crippen molar-refractivity contribution in [1.82, 2.24) is 10.2 Å². The van der Waals surface area contributed by atoms with Gasteiger partial charge in [0.25, 0.3) is 0 Å². The molecule has 0 spiro atoms. The van der Waals surface area contributed by atoms with Gasteiger partial charge in [-0.05, 0) is 58.3 Å². The standard InChI is InChI=1S/C12H26N2.C2H6.H2/c1-4-11(3)13-10-12-6-8-14(5-2)9-7-12;1-2;/h11-13H,4-10H2,1-3H3;1-2H3;1H. The summed E-state index contributed by atoms with van der Waals surface area (Å²) in [5.74, 6) is 0.923. The van der Waals surface area contributed by atoms with Crippen LogP contribution in [0.4, 0.5) is 0 Å². The Balaban J connectivity index is 0. The van der Waals surface area contributed by atoms with E-state index < -0.39 is 0 Å². The molecule has 0 aliphatic carbocycles. The van der Waals surface area contributed by atoms with Crippen molar-refractivity contribution in [1.29, 1.82) is 0 Å². The highest BCUT2D eigenvalue weighted by atomic mass is 15.1. The van der Waals surface area contributed by atoms with Gasteiger partial charge in [-0.1, -0.05) is 27.7 Å². The van der Waals surface area contributed by atoms with E-state index in [9.17, 15) is 0 Å². The SMILES string of the molecule is CC.CCC(C)NCC1CCN(CC)CC1.[HH]. The molecule has 1 atom stereocenters. The van der Waals surface area contributed by atoms with Gasteiger partial charge in [-0.25, -0.2) is 0 Å². The Morgan fingerprint density at radius 1 is 1.25 bits per heavy atom. The van der Waals surface area contributed by atoms with Gasteiger partial charge in [0, 0.05) is 7.47 Å². The Hall–Kier alpha value is -0.0800. The van der Waals surface area contributed by atoms with Gasteiger partial charge < -0.3 is 10.2 Å². The van der Waals surface area contributed by atoms with Crippen molar-refractivity contribution < 1.29 is 1.43 Å². The van der Waals surface area contributed by atoms with E-state index in [2.05, 4.69) is 31.0 Å². The van der Waals surface area contributed by atoms with Crippen LogP contribution < -0.4 is 5.32 Å². The summed E-state index contributed by atoms with van der Waals surface area (Å²) in [5.41, 5.74) is 0. The van der Waals surface area contributed by atoms with Crippen molar-refractivity contribution in [2.75, 3.05) is 26.2 Å². The van der Waals surface area contributed by atoms with Crippen LogP contribution in [0.3, 0.4) is 0 Å². The van der Waals surface area contributed by atoms with E-state index in [4.69, 9.17) is 0 Å². The molecule has 1 heterocycles. The normalized spacial score (nSPS) is 20.1. The van der Waals surface area contributed by atoms with Crippen molar-refractivity contribution in [3.8, 4) is 0 Å². The van der Waals surface area contributed by atoms with Gasteiger partial charge in [0.1, 0.15) is 0 Å². The molecule has 100 valence electrons. The van der Waals surface area contributed by atoms with Gasteiger partial charge in [0.15, 0.2) is 0 Å². The summed E-state index contributed by atoms with van der Waals surface area (Å²) in [6, 6.07) is 0.694. The van der Waals surface area contributed by atoms with Gasteiger partial charge in [-0.15, -0.1) is 0 Å². The van der Waals surface area contributed by atoms with Crippen molar-refractivity contribution in [3.05, 3.63) is 0 Å². The Morgan fingerprint density at radius 2 is 1.81 bits per heavy atom. The predicted octanol–water partition coefficient (Wildman–Crippen LogP) is 3.38. The summed E-state index contributed by atoms with van der Waals surface area (Å²) < 4.78 is 0. The Bertz CT molecular complexity index is 145. The minimum Gasteiger partial charge on any atom is -0.314 e. The lowest BCUT2D eigenvalue weighted by Gasteiger charge is -2.31. The lowest BCUT2D eigenvalue weighted by Crippen LogP contribution is -2.38. The number of likely N-dealkylation sites (tertiary alicyclic amines) is 1. The topological polar surface area (TPSA) is 15.3 Å². The molecule has 0 aromatic rings. The van der Waals surface area contributed by atoms with Crippen molar-refractivity contribution in [3.63, 3.8) is 0 Å². The van der Waals surface area contributed by atoms with Gasteiger partial charge in [0.2, 0.25) is 0 Å². The molecule has 2 nitrogen and oxygen atoms in total. The average molecular weight is 230 g/mol. The van der Waals surface area contributed by atoms with E-state index in [1.165, 1.54) is 45.4 Å². The summed E-state index contributed by atoms with van der Waals surface area (Å²) in [4.78, 5) is 2.56. The number of nitrogens with one attached hydrogen (secondary N) is 1. The fourth-order valence-electron chi connectivity index (χ4n) is 2.02. The second kappa shape index (κ2) is 10.1. The molecule has 0 amide bonds. The molecule has 16 heavy (non-hydrogen) atoms. The monoisotopic (exact) mass is 230 g/mol. The quantitative estimate of drug-likeness (QED) is 0.779. The molecule has 0 saturated carbocycles. The van der Waals surface area contributed by atoms with Crippen molar-refractivity contribution >= 4 is 0 Å². The fraction of sp³-hybridized carbons (Fsp3) is 1.00. The van der Waals surface area contributed by atoms with Gasteiger partial charge in [-0.2, -0.15) is 0 Å². The maximum atomic E-state index is 3.62. The molecule has 1 saturated heterocycles. The zero-order valence-electron chi connectivity index (χ0n) is 12.1. The number of hydrogen-bond acceptors (Lipinski definition) is 2. The van der Waals surface area contributed by atoms with E-state index in [0.717, 1.165) is 5.92 Å². The van der Waals surface area contributed by atoms with Crippen LogP contribution in [0.15, 0.2) is 0 Å². The number of piperidine rings is 1. The summed E-state index contributed by atoms with van der Waals surface area (Å²) in [7, 11) is 0. The maximum absolute atomic E-state index is 3.62. The van der Waals surface area contributed by atoms with Crippen LogP contribution in [-0.4, -0.2) is 37.1 Å². The molecule has 0 aromatic carbocycles. The minimum absolute atomic E-state index is 0. The molecule has 1 aliphatic heterocycles. The third-order valence-electron chi connectivity index (χ3n) is 3.52. The molecule has 1 aliphatic rings. The van der Waals surface area contributed by atoms with E-state index in [0.29, 0.717) is 6.04 Å². The molecule has 0 bridgehead atoms. The summed E-state index contributed by atoms with van der Waals surface area (Å²) in [6.45, 7) is 15.9. The maximum Gasteiger partial charge on any atom is 0.00362 e. The third kappa shape index (κ3) is 6.49. The highest BCUT2D eigenvalue weighted by Gasteiger charge is 2.17. The molecule has 2 heteroatoms. The molecule has 0 aromatic heterocycles. The van der Waals surface area contributed by atoms with E-state index >= 15 is 0 Å². The van der Waals surface area contributed by atoms with Crippen LogP contribution in [0.5, 0.6) is 0 Å². The highest BCUT2D eigenvalue weighted by molar-refractivity contribution is 4.74. The third-order valence-corrected chi connectivity index (χ3v) is 3.52. The smallest absolute Gasteiger partial charge is 0.00362 e. The molecule has 1 N–H and O–H groups in total. The summed E-state index contributed by atoms with van der Waals surface area (Å²) in [6.07, 6.45) is 4.02. The van der Waals surface area contributed by atoms with E-state index in [1.807, 2.05) is 13.8 Å². The first-order valence-electron chi connectivity index (χ1n) is 7.22. The number of rotatable bonds is 5. The first-order valence-corrected chi connectivity index (χ1v) is 7.22. The molecular formula is C14H34N2. The zero-order valence-corrected chi connectivity index (χ0v) is 12.1. The Kier molecular flexibility index (Phi) is 10.0. The van der Waals surface area contributed by atoms with E-state index in [-0.39, 0.29) is 1.43 Å². The van der Waals surface area contributed by atoms with Crippen molar-refractivity contribution in [2.24, 2.45) is 5.92 Å². The summed E-state index contributed by atoms with van der Waals surface area (Å²) in [5, 5.41) is 3.62. The molecule has 0 radical (unpaired) electrons. The van der Waals surface area contributed by atoms with Gasteiger partial charge in [0.05, 0.1) is 0 Å². The first-order chi connectivity index (χ1) is 7.76. The van der Waals surface area contributed by atoms with Crippen LogP contribution in [0.2, 0.25) is 0 Å². The van der Waals surface area contributed by atoms with Gasteiger partial charge in [-0.3, -0.25) is 0 Å². The lowest BCUT2D eigenvalue weighted by atomic mass is 9.96. The van der Waals surface area contributed by atoms with Crippen LogP contribution >= 0.6 is 0 Å². The van der Waals surface area contributed by atoms with Crippen LogP contribution in [0.25, 0.3) is 0 Å². The number of nitrogens with zero attached hydrogens (tertiary/aromatic N) is 1. The molecular weight excluding hydrogens is 196 g/mol. The van der Waals surface area contributed by atoms with Crippen LogP contribution in [-0.2, 0) is 0 Å². The largest absolute Gasteiger partial charge is 0.314 e. The summed E-state index contributed by atoms with van der Waals surface area (Å²) >= 11 is 0. The highest BCUT2D eigenvalue weighted by Crippen LogP contribution is 2.15. The van der Waals surface area contributed by atoms with Crippen molar-refractivity contribution in [2.45, 2.75) is 59.9 Å². The Labute approximate surface area is 104 Å². The molecule has 1 unspecified atom stereocenters. The molecule has 1 fully saturated rings. The molecule has 1 rings (SSSR count). The van der Waals surface area contributed by atoms with Crippen LogP contribution in [0, 0.1) is 5.92 Å². The lowest BCUT2D eigenvalue weighted by molar-refractivity contribution is 0.188. The average Bonchev–Trinajstić information content (AvgIpc) is 2.38. The fourth-order valence-corrected chi connectivity index (χ4v) is 2.02. The van der Waals surface area contributed by atoms with Crippen LogP contribution in [0.1, 0.15) is 55.3 Å². The predicted molar refractivity (Wildman–Crippen MR) is 76.1 cm³/mol. The first kappa shape index (κ1) is 15.9. The second-order valence-corrected chi connectivity index (χ2v) is 4.60. The second-order valence-electron chi connectivity index (χ2n) is 4.60. The van der Waals surface area contributed by atoms with Gasteiger partial charge >= 0.3 is 0 Å². The minimum atomic E-state index is 0. The Morgan fingerprint density at radius 3 is 2.25 bits per heavy atom.